The Bertz CT molecular complexity index is 644. The molecule has 0 saturated heterocycles. The highest BCUT2D eigenvalue weighted by atomic mass is 127. The molecule has 2 N–H and O–H groups in total. The Kier molecular flexibility index (Phi) is 9.37. The van der Waals surface area contributed by atoms with Crippen LogP contribution in [0.1, 0.15) is 49.9 Å². The number of aliphatic imine (C=N–C) groups is 1. The Morgan fingerprint density at radius 3 is 2.60 bits per heavy atom. The van der Waals surface area contributed by atoms with E-state index in [0.717, 1.165) is 25.5 Å². The summed E-state index contributed by atoms with van der Waals surface area (Å²) in [5, 5.41) is 14.5. The maximum atomic E-state index is 4.73. The molecular weight excluding hydrogens is 463 g/mol. The topological polar surface area (TPSA) is 49.3 Å². The van der Waals surface area contributed by atoms with Crippen LogP contribution < -0.4 is 10.6 Å². The molecule has 2 aromatic heterocycles. The Balaban J connectivity index is 0.00000312. The normalized spacial score (nSPS) is 13.2. The molecule has 0 aliphatic heterocycles. The van der Waals surface area contributed by atoms with Crippen LogP contribution in [0.5, 0.6) is 0 Å². The average Bonchev–Trinajstić information content (AvgIpc) is 3.20. The first-order valence-electron chi connectivity index (χ1n) is 8.31. The van der Waals surface area contributed by atoms with Crippen LogP contribution in [-0.4, -0.2) is 31.1 Å². The number of aromatic nitrogens is 1. The smallest absolute Gasteiger partial charge is 0.191 e. The number of rotatable bonds is 6. The molecule has 7 heteroatoms. The summed E-state index contributed by atoms with van der Waals surface area (Å²) in [6, 6.07) is 2.18. The highest BCUT2D eigenvalue weighted by Gasteiger charge is 2.17. The lowest BCUT2D eigenvalue weighted by atomic mass is 9.93. The zero-order chi connectivity index (χ0) is 17.6. The van der Waals surface area contributed by atoms with Gasteiger partial charge in [-0.15, -0.1) is 35.3 Å². The molecule has 1 unspecified atom stereocenters. The van der Waals surface area contributed by atoms with Gasteiger partial charge in [0.2, 0.25) is 0 Å². The minimum absolute atomic E-state index is 0. The lowest BCUT2D eigenvalue weighted by Crippen LogP contribution is -2.39. The van der Waals surface area contributed by atoms with Gasteiger partial charge in [0.25, 0.3) is 0 Å². The molecule has 2 rings (SSSR count). The molecule has 0 bridgehead atoms. The molecule has 2 aromatic rings. The minimum atomic E-state index is 0. The number of hydrogen-bond donors (Lipinski definition) is 2. The van der Waals surface area contributed by atoms with E-state index < -0.39 is 0 Å². The number of hydrogen-bond acceptors (Lipinski definition) is 4. The number of nitrogens with one attached hydrogen (secondary N) is 2. The summed E-state index contributed by atoms with van der Waals surface area (Å²) < 4.78 is 0. The third-order valence-electron chi connectivity index (χ3n) is 3.86. The molecule has 0 aliphatic rings. The largest absolute Gasteiger partial charge is 0.356 e. The van der Waals surface area contributed by atoms with Crippen LogP contribution in [0.3, 0.4) is 0 Å². The lowest BCUT2D eigenvalue weighted by molar-refractivity contribution is 0.570. The number of thiazole rings is 1. The molecule has 0 amide bonds. The number of guanidine groups is 1. The van der Waals surface area contributed by atoms with Crippen LogP contribution in [0.4, 0.5) is 0 Å². The molecule has 0 aromatic carbocycles. The predicted molar refractivity (Wildman–Crippen MR) is 122 cm³/mol. The van der Waals surface area contributed by atoms with Crippen molar-refractivity contribution in [1.82, 2.24) is 15.6 Å². The van der Waals surface area contributed by atoms with E-state index in [-0.39, 0.29) is 29.4 Å². The van der Waals surface area contributed by atoms with E-state index >= 15 is 0 Å². The van der Waals surface area contributed by atoms with E-state index in [2.05, 4.69) is 65.5 Å². The van der Waals surface area contributed by atoms with Crippen molar-refractivity contribution in [3.63, 3.8) is 0 Å². The van der Waals surface area contributed by atoms with Gasteiger partial charge in [-0.25, -0.2) is 4.98 Å². The van der Waals surface area contributed by atoms with Gasteiger partial charge in [0.1, 0.15) is 0 Å². The molecule has 140 valence electrons. The van der Waals surface area contributed by atoms with E-state index in [4.69, 9.17) is 4.98 Å². The minimum Gasteiger partial charge on any atom is -0.356 e. The third-order valence-corrected chi connectivity index (χ3v) is 5.47. The molecule has 0 aliphatic carbocycles. The predicted octanol–water partition coefficient (Wildman–Crippen LogP) is 4.63. The van der Waals surface area contributed by atoms with Crippen LogP contribution in [-0.2, 0) is 11.8 Å². The quantitative estimate of drug-likeness (QED) is 0.351. The van der Waals surface area contributed by atoms with Gasteiger partial charge in [-0.2, -0.15) is 11.3 Å². The van der Waals surface area contributed by atoms with Crippen molar-refractivity contribution in [1.29, 1.82) is 0 Å². The van der Waals surface area contributed by atoms with Crippen LogP contribution in [0.25, 0.3) is 0 Å². The maximum absolute atomic E-state index is 4.73. The van der Waals surface area contributed by atoms with Crippen LogP contribution in [0.15, 0.2) is 27.2 Å². The summed E-state index contributed by atoms with van der Waals surface area (Å²) in [5.74, 6) is 1.33. The number of nitrogens with zero attached hydrogens (tertiary/aromatic N) is 2. The van der Waals surface area contributed by atoms with Crippen molar-refractivity contribution in [3.05, 3.63) is 38.5 Å². The molecule has 2 heterocycles. The summed E-state index contributed by atoms with van der Waals surface area (Å²) in [6.45, 7) is 10.5. The highest BCUT2D eigenvalue weighted by Crippen LogP contribution is 2.23. The molecule has 0 saturated carbocycles. The van der Waals surface area contributed by atoms with Gasteiger partial charge in [-0.05, 0) is 28.3 Å². The summed E-state index contributed by atoms with van der Waals surface area (Å²) in [4.78, 5) is 9.03. The van der Waals surface area contributed by atoms with E-state index in [0.29, 0.717) is 5.92 Å². The van der Waals surface area contributed by atoms with Gasteiger partial charge in [-0.3, -0.25) is 4.99 Å². The van der Waals surface area contributed by atoms with Crippen LogP contribution in [0, 0.1) is 0 Å². The standard InChI is InChI=1S/C18H28N4S2.HI/c1-13(14-7-9-23-11-14)10-21-17(19-5)20-8-6-16-22-15(12-24-16)18(2,3)4;/h7,9,11-13H,6,8,10H2,1-5H3,(H2,19,20,21);1H. The van der Waals surface area contributed by atoms with Crippen molar-refractivity contribution in [2.75, 3.05) is 20.1 Å². The van der Waals surface area contributed by atoms with Crippen molar-refractivity contribution < 1.29 is 0 Å². The summed E-state index contributed by atoms with van der Waals surface area (Å²) >= 11 is 3.49. The fourth-order valence-corrected chi connectivity index (χ4v) is 4.01. The third kappa shape index (κ3) is 7.22. The Morgan fingerprint density at radius 1 is 1.28 bits per heavy atom. The van der Waals surface area contributed by atoms with E-state index in [1.807, 2.05) is 7.05 Å². The first kappa shape index (κ1) is 22.4. The Morgan fingerprint density at radius 2 is 2.04 bits per heavy atom. The van der Waals surface area contributed by atoms with Crippen LogP contribution >= 0.6 is 46.7 Å². The van der Waals surface area contributed by atoms with E-state index in [9.17, 15) is 0 Å². The first-order valence-corrected chi connectivity index (χ1v) is 10.1. The fourth-order valence-electron chi connectivity index (χ4n) is 2.20. The molecule has 4 nitrogen and oxygen atoms in total. The molecular formula is C18H29IN4S2. The second kappa shape index (κ2) is 10.5. The van der Waals surface area contributed by atoms with Crippen molar-refractivity contribution in [3.8, 4) is 0 Å². The zero-order valence-corrected chi connectivity index (χ0v) is 19.6. The SMILES string of the molecule is CN=C(NCCc1nc(C(C)(C)C)cs1)NCC(C)c1ccsc1.I. The first-order chi connectivity index (χ1) is 11.4. The average molecular weight is 492 g/mol. The van der Waals surface area contributed by atoms with Gasteiger partial charge in [0.05, 0.1) is 10.7 Å². The fraction of sp³-hybridized carbons (Fsp3) is 0.556. The van der Waals surface area contributed by atoms with E-state index in [1.165, 1.54) is 16.3 Å². The number of thiophene rings is 1. The van der Waals surface area contributed by atoms with Gasteiger partial charge >= 0.3 is 0 Å². The van der Waals surface area contributed by atoms with Crippen molar-refractivity contribution >= 4 is 52.6 Å². The van der Waals surface area contributed by atoms with E-state index in [1.54, 1.807) is 22.7 Å². The zero-order valence-electron chi connectivity index (χ0n) is 15.6. The summed E-state index contributed by atoms with van der Waals surface area (Å²) in [5.41, 5.74) is 2.67. The highest BCUT2D eigenvalue weighted by molar-refractivity contribution is 14.0. The molecule has 0 fully saturated rings. The molecule has 25 heavy (non-hydrogen) atoms. The van der Waals surface area contributed by atoms with Crippen molar-refractivity contribution in [2.45, 2.75) is 45.4 Å². The molecule has 1 atom stereocenters. The van der Waals surface area contributed by atoms with Crippen molar-refractivity contribution in [2.24, 2.45) is 4.99 Å². The monoisotopic (exact) mass is 492 g/mol. The molecule has 0 spiro atoms. The summed E-state index contributed by atoms with van der Waals surface area (Å²) in [7, 11) is 1.81. The summed E-state index contributed by atoms with van der Waals surface area (Å²) in [6.07, 6.45) is 0.918. The second-order valence-corrected chi connectivity index (χ2v) is 8.69. The van der Waals surface area contributed by atoms with Crippen LogP contribution in [0.2, 0.25) is 0 Å². The van der Waals surface area contributed by atoms with Gasteiger partial charge in [0.15, 0.2) is 5.96 Å². The Hall–Kier alpha value is -0.670. The Labute approximate surface area is 176 Å². The second-order valence-electron chi connectivity index (χ2n) is 6.96. The van der Waals surface area contributed by atoms with Gasteiger partial charge in [-0.1, -0.05) is 27.7 Å². The molecule has 0 radical (unpaired) electrons. The van der Waals surface area contributed by atoms with Gasteiger partial charge < -0.3 is 10.6 Å². The maximum Gasteiger partial charge on any atom is 0.191 e. The number of halogens is 1. The lowest BCUT2D eigenvalue weighted by Gasteiger charge is -2.15. The van der Waals surface area contributed by atoms with Gasteiger partial charge in [0, 0.05) is 37.4 Å².